The Morgan fingerprint density at radius 3 is 1.57 bits per heavy atom. The first-order valence-corrected chi connectivity index (χ1v) is 11.7. The van der Waals surface area contributed by atoms with Gasteiger partial charge in [-0.3, -0.25) is 0 Å². The first kappa shape index (κ1) is 17.6. The van der Waals surface area contributed by atoms with Gasteiger partial charge in [-0.25, -0.2) is 0 Å². The van der Waals surface area contributed by atoms with Gasteiger partial charge in [-0.05, 0) is 90.3 Å². The summed E-state index contributed by atoms with van der Waals surface area (Å²) in [5.74, 6) is 0. The molecule has 30 heavy (non-hydrogen) atoms. The minimum atomic E-state index is -4.43. The Hall–Kier alpha value is -3.28. The molecule has 0 spiro atoms. The number of hydrogen-bond donors (Lipinski definition) is 3. The Labute approximate surface area is 173 Å². The molecule has 4 heteroatoms. The van der Waals surface area contributed by atoms with Gasteiger partial charge in [-0.15, -0.1) is 0 Å². The maximum absolute atomic E-state index is 9.96. The number of fused-ring (bicyclic) bond motifs is 6. The van der Waals surface area contributed by atoms with Crippen LogP contribution in [-0.2, 0) is 0 Å². The smallest absolute Gasteiger partial charge is 0.386 e. The van der Waals surface area contributed by atoms with Crippen LogP contribution in [0.15, 0.2) is 91.0 Å². The van der Waals surface area contributed by atoms with Gasteiger partial charge in [-0.2, -0.15) is 0 Å². The molecule has 144 valence electrons. The number of benzene rings is 6. The van der Waals surface area contributed by atoms with Gasteiger partial charge >= 0.3 is 8.80 Å². The molecule has 0 fully saturated rings. The van der Waals surface area contributed by atoms with Crippen molar-refractivity contribution in [1.82, 2.24) is 0 Å². The molecule has 0 aliphatic rings. The highest BCUT2D eigenvalue weighted by atomic mass is 28.4. The van der Waals surface area contributed by atoms with Crippen molar-refractivity contribution in [1.29, 1.82) is 0 Å². The van der Waals surface area contributed by atoms with Crippen LogP contribution in [0, 0.1) is 0 Å². The molecule has 0 saturated carbocycles. The molecule has 0 heterocycles. The van der Waals surface area contributed by atoms with Crippen molar-refractivity contribution in [3.05, 3.63) is 91.0 Å². The average Bonchev–Trinajstić information content (AvgIpc) is 2.74. The van der Waals surface area contributed by atoms with Crippen molar-refractivity contribution in [3.8, 4) is 0 Å². The predicted molar refractivity (Wildman–Crippen MR) is 126 cm³/mol. The topological polar surface area (TPSA) is 60.7 Å². The van der Waals surface area contributed by atoms with Gasteiger partial charge in [0.15, 0.2) is 0 Å². The van der Waals surface area contributed by atoms with E-state index in [2.05, 4.69) is 54.6 Å². The van der Waals surface area contributed by atoms with Crippen LogP contribution in [0.1, 0.15) is 0 Å². The fourth-order valence-corrected chi connectivity index (χ4v) is 5.46. The van der Waals surface area contributed by atoms with Gasteiger partial charge in [0.05, 0.1) is 0 Å². The summed E-state index contributed by atoms with van der Waals surface area (Å²) < 4.78 is 0. The Balaban J connectivity index is 1.74. The number of rotatable bonds is 1. The lowest BCUT2D eigenvalue weighted by Crippen LogP contribution is -2.49. The molecule has 3 nitrogen and oxygen atoms in total. The van der Waals surface area contributed by atoms with E-state index in [0.29, 0.717) is 5.39 Å². The third kappa shape index (κ3) is 2.63. The lowest BCUT2D eigenvalue weighted by Gasteiger charge is -2.14. The van der Waals surface area contributed by atoms with E-state index < -0.39 is 8.80 Å². The quantitative estimate of drug-likeness (QED) is 0.213. The van der Waals surface area contributed by atoms with Crippen molar-refractivity contribution in [2.24, 2.45) is 0 Å². The van der Waals surface area contributed by atoms with Crippen LogP contribution in [0.5, 0.6) is 0 Å². The van der Waals surface area contributed by atoms with Crippen LogP contribution in [0.3, 0.4) is 0 Å². The van der Waals surface area contributed by atoms with Crippen LogP contribution in [0.2, 0.25) is 0 Å². The average molecular weight is 407 g/mol. The second-order valence-electron chi connectivity index (χ2n) is 7.92. The van der Waals surface area contributed by atoms with E-state index in [9.17, 15) is 14.4 Å². The molecular formula is C26H18O3Si. The van der Waals surface area contributed by atoms with Crippen LogP contribution in [-0.4, -0.2) is 23.2 Å². The zero-order valence-corrected chi connectivity index (χ0v) is 17.0. The van der Waals surface area contributed by atoms with Crippen LogP contribution in [0.4, 0.5) is 0 Å². The van der Waals surface area contributed by atoms with Crippen molar-refractivity contribution in [2.45, 2.75) is 0 Å². The van der Waals surface area contributed by atoms with Gasteiger partial charge in [-0.1, -0.05) is 54.6 Å². The summed E-state index contributed by atoms with van der Waals surface area (Å²) in [7, 11) is -4.43. The van der Waals surface area contributed by atoms with Gasteiger partial charge in [0.25, 0.3) is 0 Å². The molecule has 0 bridgehead atoms. The lowest BCUT2D eigenvalue weighted by atomic mass is 9.95. The van der Waals surface area contributed by atoms with E-state index in [1.165, 1.54) is 16.2 Å². The van der Waals surface area contributed by atoms with E-state index in [-0.39, 0.29) is 5.19 Å². The molecule has 0 aromatic heterocycles. The molecule has 3 N–H and O–H groups in total. The lowest BCUT2D eigenvalue weighted by molar-refractivity contribution is 0.250. The monoisotopic (exact) mass is 406 g/mol. The molecule has 6 rings (SSSR count). The van der Waals surface area contributed by atoms with Crippen molar-refractivity contribution >= 4 is 67.9 Å². The molecule has 0 amide bonds. The van der Waals surface area contributed by atoms with Gasteiger partial charge in [0, 0.05) is 5.19 Å². The third-order valence-electron chi connectivity index (χ3n) is 6.02. The second kappa shape index (κ2) is 6.11. The van der Waals surface area contributed by atoms with Gasteiger partial charge < -0.3 is 14.4 Å². The summed E-state index contributed by atoms with van der Waals surface area (Å²) in [4.78, 5) is 29.9. The molecule has 0 radical (unpaired) electrons. The highest BCUT2D eigenvalue weighted by molar-refractivity contribution is 6.74. The highest BCUT2D eigenvalue weighted by Gasteiger charge is 2.32. The first-order valence-electron chi connectivity index (χ1n) is 9.87. The summed E-state index contributed by atoms with van der Waals surface area (Å²) >= 11 is 0. The fourth-order valence-electron chi connectivity index (χ4n) is 4.57. The van der Waals surface area contributed by atoms with Gasteiger partial charge in [0.2, 0.25) is 0 Å². The molecule has 0 atom stereocenters. The maximum atomic E-state index is 9.96. The predicted octanol–water partition coefficient (Wildman–Crippen LogP) is 4.58. The van der Waals surface area contributed by atoms with E-state index >= 15 is 0 Å². The zero-order chi connectivity index (χ0) is 20.5. The minimum Gasteiger partial charge on any atom is -0.386 e. The van der Waals surface area contributed by atoms with Crippen LogP contribution < -0.4 is 5.19 Å². The standard InChI is InChI=1S/C26H18O3Si/c27-30(28,29)26-7-3-6-18-12-19-8-9-20-13-21-10-16-4-1-2-5-17(16)11-22(21)14-23(20)24(19)15-25(18)26/h1-15,27-29H. The molecule has 0 saturated heterocycles. The summed E-state index contributed by atoms with van der Waals surface area (Å²) in [6, 6.07) is 30.7. The number of hydrogen-bond acceptors (Lipinski definition) is 3. The summed E-state index contributed by atoms with van der Waals surface area (Å²) in [6.07, 6.45) is 0. The van der Waals surface area contributed by atoms with E-state index in [0.717, 1.165) is 32.3 Å². The molecule has 0 aliphatic heterocycles. The Bertz CT molecular complexity index is 1630. The Morgan fingerprint density at radius 1 is 0.400 bits per heavy atom. The normalized spacial score (nSPS) is 12.5. The molecule has 6 aromatic rings. The highest BCUT2D eigenvalue weighted by Crippen LogP contribution is 2.33. The second-order valence-corrected chi connectivity index (χ2v) is 9.73. The van der Waals surface area contributed by atoms with E-state index in [1.54, 1.807) is 12.1 Å². The van der Waals surface area contributed by atoms with Crippen molar-refractivity contribution < 1.29 is 14.4 Å². The molecular weight excluding hydrogens is 388 g/mol. The summed E-state index contributed by atoms with van der Waals surface area (Å²) in [6.45, 7) is 0. The fraction of sp³-hybridized carbons (Fsp3) is 0. The third-order valence-corrected chi connectivity index (χ3v) is 7.18. The summed E-state index contributed by atoms with van der Waals surface area (Å²) in [5, 5.41) is 10.9. The molecule has 6 aromatic carbocycles. The van der Waals surface area contributed by atoms with Crippen molar-refractivity contribution in [2.75, 3.05) is 0 Å². The summed E-state index contributed by atoms with van der Waals surface area (Å²) in [5.41, 5.74) is 0. The molecule has 0 aliphatic carbocycles. The molecule has 0 unspecified atom stereocenters. The largest absolute Gasteiger partial charge is 0.529 e. The first-order chi connectivity index (χ1) is 14.5. The van der Waals surface area contributed by atoms with E-state index in [4.69, 9.17) is 0 Å². The SMILES string of the molecule is O[Si](O)(O)c1cccc2cc3ccc4cc5cc6ccccc6cc5cc4c3cc12. The van der Waals surface area contributed by atoms with Crippen molar-refractivity contribution in [3.63, 3.8) is 0 Å². The zero-order valence-electron chi connectivity index (χ0n) is 16.0. The van der Waals surface area contributed by atoms with E-state index in [1.807, 2.05) is 24.3 Å². The van der Waals surface area contributed by atoms with Crippen LogP contribution in [0.25, 0.3) is 53.9 Å². The van der Waals surface area contributed by atoms with Gasteiger partial charge in [0.1, 0.15) is 0 Å². The minimum absolute atomic E-state index is 0.214. The Kier molecular flexibility index (Phi) is 3.58. The Morgan fingerprint density at radius 2 is 0.900 bits per heavy atom. The van der Waals surface area contributed by atoms with Crippen LogP contribution >= 0.6 is 0 Å². The maximum Gasteiger partial charge on any atom is 0.529 e.